The van der Waals surface area contributed by atoms with Crippen molar-refractivity contribution in [2.24, 2.45) is 0 Å². The molecule has 0 aromatic carbocycles. The average Bonchev–Trinajstić information content (AvgIpc) is 1.31. The molecule has 0 rings (SSSR count). The molecule has 5 nitrogen and oxygen atoms in total. The van der Waals surface area contributed by atoms with E-state index in [0.29, 0.717) is 0 Å². The van der Waals surface area contributed by atoms with E-state index in [1.54, 1.807) is 0 Å². The van der Waals surface area contributed by atoms with Crippen LogP contribution in [0.25, 0.3) is 0 Å². The number of hydrogen-bond donors (Lipinski definition) is 2. The number of halogens is 1. The maximum atomic E-state index is 9.51. The van der Waals surface area contributed by atoms with Crippen molar-refractivity contribution in [2.75, 3.05) is 0 Å². The van der Waals surface area contributed by atoms with Gasteiger partial charge in [0.25, 0.3) is 0 Å². The Morgan fingerprint density at radius 1 is 1.57 bits per heavy atom. The quantitative estimate of drug-likeness (QED) is 0.404. The lowest BCUT2D eigenvalue weighted by atomic mass is 13.7. The fraction of sp³-hybridized carbons (Fsp3) is 0. The van der Waals surface area contributed by atoms with Crippen molar-refractivity contribution in [3.8, 4) is 0 Å². The third-order valence-corrected chi connectivity index (χ3v) is 1.21. The van der Waals surface area contributed by atoms with E-state index in [4.69, 9.17) is 9.79 Å². The van der Waals surface area contributed by atoms with Gasteiger partial charge in [-0.15, -0.1) is 0 Å². The third-order valence-electron chi connectivity index (χ3n) is 0.205. The Bertz CT molecular complexity index is 124. The highest BCUT2D eigenvalue weighted by Gasteiger charge is 2.35. The molecule has 0 amide bonds. The Morgan fingerprint density at radius 3 is 1.71 bits per heavy atom. The first-order chi connectivity index (χ1) is 2.94. The third kappa shape index (κ3) is 2.70. The summed E-state index contributed by atoms with van der Waals surface area (Å²) in [5.41, 5.74) is 0. The molecule has 2 N–H and O–H groups in total. The van der Waals surface area contributed by atoms with Crippen LogP contribution in [-0.4, -0.2) is 13.8 Å². The summed E-state index contributed by atoms with van der Waals surface area (Å²) >= 11 is 4.27. The maximum Gasteiger partial charge on any atom is 0.671 e. The summed E-state index contributed by atoms with van der Waals surface area (Å²) in [6.07, 6.45) is 0. The van der Waals surface area contributed by atoms with Crippen molar-refractivity contribution < 1.29 is 18.4 Å². The first-order valence-electron chi connectivity index (χ1n) is 1.13. The molecule has 0 saturated carbocycles. The Balaban J connectivity index is 4.09. The zero-order chi connectivity index (χ0) is 6.08. The monoisotopic (exact) mass is 146 g/mol. The molecule has 0 heterocycles. The summed E-state index contributed by atoms with van der Waals surface area (Å²) in [6, 6.07) is 0. The van der Waals surface area contributed by atoms with Crippen LogP contribution < -0.4 is 0 Å². The zero-order valence-electron chi connectivity index (χ0n) is 2.98. The van der Waals surface area contributed by atoms with Crippen LogP contribution in [0.2, 0.25) is 0 Å². The second-order valence-corrected chi connectivity index (χ2v) is 2.67. The Kier molecular flexibility index (Phi) is 1.89. The van der Waals surface area contributed by atoms with E-state index < -0.39 is 11.8 Å². The van der Waals surface area contributed by atoms with E-state index in [-0.39, 0.29) is 0 Å². The van der Waals surface area contributed by atoms with E-state index in [1.165, 1.54) is 0 Å². The zero-order valence-corrected chi connectivity index (χ0v) is 4.63. The molecule has 0 atom stereocenters. The summed E-state index contributed by atoms with van der Waals surface area (Å²) in [5.74, 6) is 0. The van der Waals surface area contributed by atoms with Crippen molar-refractivity contribution in [3.05, 3.63) is 4.91 Å². The minimum absolute atomic E-state index is 0.924. The SMILES string of the molecule is O=[N+](Cl)P(=O)(O)O. The highest BCUT2D eigenvalue weighted by atomic mass is 35.5. The summed E-state index contributed by atoms with van der Waals surface area (Å²) in [5, 5.41) is 0. The van der Waals surface area contributed by atoms with Crippen molar-refractivity contribution in [1.82, 2.24) is 0 Å². The highest BCUT2D eigenvalue weighted by molar-refractivity contribution is 7.45. The molecule has 0 saturated heterocycles. The van der Waals surface area contributed by atoms with Gasteiger partial charge < -0.3 is 0 Å². The fourth-order valence-corrected chi connectivity index (χ4v) is 0. The van der Waals surface area contributed by atoms with Crippen molar-refractivity contribution >= 4 is 19.5 Å². The van der Waals surface area contributed by atoms with E-state index >= 15 is 0 Å². The predicted octanol–water partition coefficient (Wildman–Crippen LogP) is 0.0118. The lowest BCUT2D eigenvalue weighted by Crippen LogP contribution is -1.86. The second-order valence-electron chi connectivity index (χ2n) is 0.740. The van der Waals surface area contributed by atoms with Crippen LogP contribution in [0, 0.1) is 4.91 Å². The van der Waals surface area contributed by atoms with Crippen LogP contribution in [0.4, 0.5) is 0 Å². The van der Waals surface area contributed by atoms with Crippen LogP contribution in [0.1, 0.15) is 0 Å². The molecule has 0 spiro atoms. The molecule has 7 heavy (non-hydrogen) atoms. The minimum atomic E-state index is -4.69. The first kappa shape index (κ1) is 7.04. The molecule has 0 aromatic heterocycles. The topological polar surface area (TPSA) is 77.6 Å². The standard InChI is InChI=1S/ClHNO4P/c1-2(3)7(4,5)6/h(H-,4,5,6)/p+1. The van der Waals surface area contributed by atoms with Gasteiger partial charge in [0.2, 0.25) is 4.05 Å². The molecular weight excluding hydrogens is 144 g/mol. The van der Waals surface area contributed by atoms with E-state index in [2.05, 4.69) is 11.8 Å². The predicted molar refractivity (Wildman–Crippen MR) is 21.5 cm³/mol. The smallest absolute Gasteiger partial charge is 0.267 e. The molecule has 0 radical (unpaired) electrons. The molecule has 0 aliphatic carbocycles. The van der Waals surface area contributed by atoms with Gasteiger partial charge in [0.05, 0.1) is 4.91 Å². The van der Waals surface area contributed by atoms with Crippen molar-refractivity contribution in [1.29, 1.82) is 0 Å². The summed E-state index contributed by atoms with van der Waals surface area (Å²) in [6.45, 7) is 0. The molecule has 0 bridgehead atoms. The van der Waals surface area contributed by atoms with Gasteiger partial charge in [0, 0.05) is 0 Å². The molecule has 42 valence electrons. The van der Waals surface area contributed by atoms with Crippen LogP contribution in [0.5, 0.6) is 0 Å². The van der Waals surface area contributed by atoms with Gasteiger partial charge in [0.1, 0.15) is 0 Å². The number of rotatable bonds is 1. The van der Waals surface area contributed by atoms with Gasteiger partial charge in [0.15, 0.2) is 0 Å². The lowest BCUT2D eigenvalue weighted by molar-refractivity contribution is -0.250. The number of nitroso groups, excluding NO2 is 1. The van der Waals surface area contributed by atoms with E-state index in [1.807, 2.05) is 0 Å². The normalized spacial score (nSPS) is 11.3. The molecule has 0 aromatic rings. The molecule has 0 aliphatic rings. The molecule has 0 aliphatic heterocycles. The Hall–Kier alpha value is 0.0400. The Labute approximate surface area is 43.8 Å². The largest absolute Gasteiger partial charge is 0.671 e. The summed E-state index contributed by atoms with van der Waals surface area (Å²) in [4.78, 5) is 24.8. The lowest BCUT2D eigenvalue weighted by Gasteiger charge is -1.77. The fourth-order valence-electron chi connectivity index (χ4n) is 0. The summed E-state index contributed by atoms with van der Waals surface area (Å²) < 4.78 is 8.58. The van der Waals surface area contributed by atoms with Crippen molar-refractivity contribution in [3.63, 3.8) is 0 Å². The van der Waals surface area contributed by atoms with Gasteiger partial charge in [-0.2, -0.15) is 4.57 Å². The maximum absolute atomic E-state index is 9.51. The van der Waals surface area contributed by atoms with Crippen LogP contribution in [0.3, 0.4) is 0 Å². The van der Waals surface area contributed by atoms with E-state index in [0.717, 1.165) is 0 Å². The molecule has 7 heteroatoms. The first-order valence-corrected chi connectivity index (χ1v) is 3.04. The van der Waals surface area contributed by atoms with Crippen molar-refractivity contribution in [2.45, 2.75) is 0 Å². The number of nitrogens with zero attached hydrogens (tertiary/aromatic N) is 1. The second kappa shape index (κ2) is 1.88. The van der Waals surface area contributed by atoms with Gasteiger partial charge in [-0.3, -0.25) is 9.79 Å². The van der Waals surface area contributed by atoms with Gasteiger partial charge in [-0.1, -0.05) is 0 Å². The van der Waals surface area contributed by atoms with Crippen LogP contribution in [0.15, 0.2) is 0 Å². The van der Waals surface area contributed by atoms with Gasteiger partial charge in [-0.05, 0) is 0 Å². The highest BCUT2D eigenvalue weighted by Crippen LogP contribution is 2.36. The number of hydrogen-bond acceptors (Lipinski definition) is 2. The molecule has 0 fully saturated rings. The summed E-state index contributed by atoms with van der Waals surface area (Å²) in [7, 11) is -4.69. The molecular formula is H2ClNO4P+. The van der Waals surface area contributed by atoms with Crippen LogP contribution in [-0.2, 0) is 4.57 Å². The van der Waals surface area contributed by atoms with E-state index in [9.17, 15) is 9.47 Å². The van der Waals surface area contributed by atoms with Gasteiger partial charge in [-0.25, -0.2) is 0 Å². The average molecular weight is 146 g/mol. The molecule has 0 unspecified atom stereocenters. The van der Waals surface area contributed by atoms with Gasteiger partial charge >= 0.3 is 19.5 Å². The van der Waals surface area contributed by atoms with Crippen LogP contribution >= 0.6 is 19.5 Å². The Morgan fingerprint density at radius 2 is 1.71 bits per heavy atom. The minimum Gasteiger partial charge on any atom is -0.267 e.